The largest absolute Gasteiger partial charge is 0.345 e. The van der Waals surface area contributed by atoms with E-state index in [1.54, 1.807) is 24.3 Å². The molecule has 3 rings (SSSR count). The Balaban J connectivity index is 1.91. The Bertz CT molecular complexity index is 1170. The molecule has 3 aromatic carbocycles. The highest BCUT2D eigenvalue weighted by atomic mass is 32.2. The lowest BCUT2D eigenvalue weighted by atomic mass is 10.0. The quantitative estimate of drug-likeness (QED) is 0.581. The molecule has 0 saturated carbocycles. The van der Waals surface area contributed by atoms with Crippen molar-refractivity contribution >= 4 is 21.6 Å². The van der Waals surface area contributed by atoms with E-state index >= 15 is 0 Å². The average Bonchev–Trinajstić information content (AvgIpc) is 2.74. The fraction of sp³-hybridized carbons (Fsp3) is 0.240. The van der Waals surface area contributed by atoms with Crippen LogP contribution in [0.3, 0.4) is 0 Å². The Morgan fingerprint density at radius 2 is 1.58 bits per heavy atom. The van der Waals surface area contributed by atoms with E-state index in [2.05, 4.69) is 11.4 Å². The number of amides is 1. The van der Waals surface area contributed by atoms with Gasteiger partial charge in [-0.25, -0.2) is 8.42 Å². The van der Waals surface area contributed by atoms with Gasteiger partial charge in [0.15, 0.2) is 0 Å². The summed E-state index contributed by atoms with van der Waals surface area (Å²) in [5.41, 5.74) is 4.87. The molecule has 1 atom stereocenters. The first-order chi connectivity index (χ1) is 14.7. The molecule has 0 aliphatic heterocycles. The van der Waals surface area contributed by atoms with Crippen molar-refractivity contribution in [1.29, 1.82) is 0 Å². The van der Waals surface area contributed by atoms with E-state index in [1.165, 1.54) is 9.87 Å². The molecule has 6 heteroatoms. The van der Waals surface area contributed by atoms with Crippen LogP contribution in [0.4, 0.5) is 5.69 Å². The predicted molar refractivity (Wildman–Crippen MR) is 126 cm³/mol. The lowest BCUT2D eigenvalue weighted by Gasteiger charge is -2.25. The van der Waals surface area contributed by atoms with Gasteiger partial charge in [0.2, 0.25) is 10.0 Å². The molecule has 0 aromatic heterocycles. The van der Waals surface area contributed by atoms with Gasteiger partial charge in [0.05, 0.1) is 30.1 Å². The smallest absolute Gasteiger partial charge is 0.253 e. The molecule has 0 saturated heterocycles. The average molecular weight is 437 g/mol. The molecule has 0 bridgehead atoms. The number of nitrogens with zero attached hydrogens (tertiary/aromatic N) is 1. The summed E-state index contributed by atoms with van der Waals surface area (Å²) in [6.45, 7) is 6.15. The number of rotatable bonds is 7. The maximum absolute atomic E-state index is 13.2. The first-order valence-corrected chi connectivity index (χ1v) is 12.0. The summed E-state index contributed by atoms with van der Waals surface area (Å²) in [4.78, 5) is 13.2. The lowest BCUT2D eigenvalue weighted by molar-refractivity contribution is 0.0940. The first kappa shape index (κ1) is 22.6. The summed E-state index contributed by atoms with van der Waals surface area (Å²) in [5, 5.41) is 3.01. The van der Waals surface area contributed by atoms with Crippen molar-refractivity contribution in [3.63, 3.8) is 0 Å². The minimum absolute atomic E-state index is 0.149. The highest BCUT2D eigenvalue weighted by molar-refractivity contribution is 7.92. The second-order valence-electron chi connectivity index (χ2n) is 7.81. The number of sulfonamides is 1. The van der Waals surface area contributed by atoms with Crippen LogP contribution in [0.1, 0.15) is 45.6 Å². The van der Waals surface area contributed by atoms with Crippen molar-refractivity contribution in [2.45, 2.75) is 33.4 Å². The number of hydrogen-bond donors (Lipinski definition) is 1. The Kier molecular flexibility index (Phi) is 6.81. The summed E-state index contributed by atoms with van der Waals surface area (Å²) >= 11 is 0. The maximum atomic E-state index is 13.2. The number of nitrogens with one attached hydrogen (secondary N) is 1. The molecule has 0 aliphatic carbocycles. The van der Waals surface area contributed by atoms with Crippen LogP contribution < -0.4 is 9.62 Å². The van der Waals surface area contributed by atoms with Crippen molar-refractivity contribution in [2.24, 2.45) is 0 Å². The molecule has 0 aliphatic rings. The number of anilines is 1. The number of carbonyl (C=O) groups excluding carboxylic acids is 1. The number of para-hydroxylation sites is 1. The van der Waals surface area contributed by atoms with Gasteiger partial charge >= 0.3 is 0 Å². The van der Waals surface area contributed by atoms with Gasteiger partial charge in [0, 0.05) is 0 Å². The highest BCUT2D eigenvalue weighted by Crippen LogP contribution is 2.26. The Hall–Kier alpha value is -3.12. The van der Waals surface area contributed by atoms with Gasteiger partial charge in [-0.05, 0) is 55.2 Å². The molecule has 0 fully saturated rings. The number of hydrogen-bond acceptors (Lipinski definition) is 3. The summed E-state index contributed by atoms with van der Waals surface area (Å²) in [7, 11) is -3.61. The second kappa shape index (κ2) is 9.35. The molecule has 162 valence electrons. The van der Waals surface area contributed by atoms with E-state index < -0.39 is 10.0 Å². The van der Waals surface area contributed by atoms with Crippen LogP contribution in [0.5, 0.6) is 0 Å². The molecule has 1 N–H and O–H groups in total. The lowest BCUT2D eigenvalue weighted by Crippen LogP contribution is -2.33. The van der Waals surface area contributed by atoms with Crippen LogP contribution >= 0.6 is 0 Å². The van der Waals surface area contributed by atoms with E-state index in [4.69, 9.17) is 0 Å². The third-order valence-corrected chi connectivity index (χ3v) is 6.49. The first-order valence-electron chi connectivity index (χ1n) is 10.2. The van der Waals surface area contributed by atoms with Gasteiger partial charge < -0.3 is 5.32 Å². The minimum atomic E-state index is -3.61. The van der Waals surface area contributed by atoms with E-state index in [9.17, 15) is 13.2 Å². The van der Waals surface area contributed by atoms with Crippen LogP contribution in [0.2, 0.25) is 0 Å². The van der Waals surface area contributed by atoms with Crippen LogP contribution in [-0.2, 0) is 16.6 Å². The Morgan fingerprint density at radius 1 is 0.935 bits per heavy atom. The fourth-order valence-corrected chi connectivity index (χ4v) is 4.31. The van der Waals surface area contributed by atoms with Crippen molar-refractivity contribution in [3.8, 4) is 0 Å². The van der Waals surface area contributed by atoms with E-state index in [-0.39, 0.29) is 18.5 Å². The molecule has 3 aromatic rings. The zero-order valence-corrected chi connectivity index (χ0v) is 19.1. The van der Waals surface area contributed by atoms with Gasteiger partial charge in [-0.15, -0.1) is 0 Å². The van der Waals surface area contributed by atoms with Gasteiger partial charge in [-0.3, -0.25) is 9.10 Å². The molecule has 31 heavy (non-hydrogen) atoms. The topological polar surface area (TPSA) is 66.5 Å². The van der Waals surface area contributed by atoms with Crippen LogP contribution in [0, 0.1) is 13.8 Å². The molecule has 0 unspecified atom stereocenters. The third kappa shape index (κ3) is 5.52. The monoisotopic (exact) mass is 436 g/mol. The molecule has 5 nitrogen and oxygen atoms in total. The number of aryl methyl sites for hydroxylation is 2. The molecular formula is C25H28N2O3S. The van der Waals surface area contributed by atoms with Crippen molar-refractivity contribution in [3.05, 3.63) is 101 Å². The zero-order valence-electron chi connectivity index (χ0n) is 18.3. The Labute approximate surface area is 184 Å². The molecule has 1 amide bonds. The van der Waals surface area contributed by atoms with E-state index in [0.29, 0.717) is 11.3 Å². The maximum Gasteiger partial charge on any atom is 0.253 e. The Morgan fingerprint density at radius 3 is 2.23 bits per heavy atom. The minimum Gasteiger partial charge on any atom is -0.345 e. The number of carbonyl (C=O) groups is 1. The normalized spacial score (nSPS) is 12.3. The fourth-order valence-electron chi connectivity index (χ4n) is 3.41. The standard InChI is InChI=1S/C25H28N2O3S/c1-18-14-15-22(16-19(18)2)20(3)26-25(28)23-12-8-9-13-24(23)27(31(4,29)30)17-21-10-6-5-7-11-21/h5-16,20H,17H2,1-4H3,(H,26,28)/t20-/m0/s1. The third-order valence-electron chi connectivity index (χ3n) is 5.37. The molecular weight excluding hydrogens is 408 g/mol. The van der Waals surface area contributed by atoms with Gasteiger partial charge in [-0.1, -0.05) is 60.7 Å². The SMILES string of the molecule is Cc1ccc([C@H](C)NC(=O)c2ccccc2N(Cc2ccccc2)S(C)(=O)=O)cc1C. The van der Waals surface area contributed by atoms with Crippen molar-refractivity contribution < 1.29 is 13.2 Å². The van der Waals surface area contributed by atoms with Crippen LogP contribution in [0.15, 0.2) is 72.8 Å². The van der Waals surface area contributed by atoms with E-state index in [0.717, 1.165) is 22.9 Å². The van der Waals surface area contributed by atoms with Gasteiger partial charge in [0.1, 0.15) is 0 Å². The van der Waals surface area contributed by atoms with E-state index in [1.807, 2.05) is 63.2 Å². The van der Waals surface area contributed by atoms with Crippen molar-refractivity contribution in [2.75, 3.05) is 10.6 Å². The van der Waals surface area contributed by atoms with Crippen LogP contribution in [-0.4, -0.2) is 20.6 Å². The van der Waals surface area contributed by atoms with Crippen LogP contribution in [0.25, 0.3) is 0 Å². The summed E-state index contributed by atoms with van der Waals surface area (Å²) < 4.78 is 26.5. The molecule has 0 heterocycles. The van der Waals surface area contributed by atoms with Crippen molar-refractivity contribution in [1.82, 2.24) is 5.32 Å². The molecule has 0 radical (unpaired) electrons. The van der Waals surface area contributed by atoms with Gasteiger partial charge in [0.25, 0.3) is 5.91 Å². The van der Waals surface area contributed by atoms with Gasteiger partial charge in [-0.2, -0.15) is 0 Å². The number of benzene rings is 3. The molecule has 0 spiro atoms. The summed E-state index contributed by atoms with van der Waals surface area (Å²) in [6.07, 6.45) is 1.16. The zero-order chi connectivity index (χ0) is 22.6. The summed E-state index contributed by atoms with van der Waals surface area (Å²) in [5.74, 6) is -0.317. The summed E-state index contributed by atoms with van der Waals surface area (Å²) in [6, 6.07) is 22.0. The predicted octanol–water partition coefficient (Wildman–Crippen LogP) is 4.76. The second-order valence-corrected chi connectivity index (χ2v) is 9.72. The highest BCUT2D eigenvalue weighted by Gasteiger charge is 2.24.